The predicted octanol–water partition coefficient (Wildman–Crippen LogP) is 2.35. The highest BCUT2D eigenvalue weighted by Crippen LogP contribution is 2.16. The SMILES string of the molecule is CCOc1ccc(NC(=O)Cc2nc(CC(=O)O)cs2)cc1. The van der Waals surface area contributed by atoms with Crippen LogP contribution in [0.1, 0.15) is 17.6 Å². The third kappa shape index (κ3) is 4.85. The monoisotopic (exact) mass is 320 g/mol. The van der Waals surface area contributed by atoms with Gasteiger partial charge in [-0.1, -0.05) is 0 Å². The first-order valence-corrected chi connectivity index (χ1v) is 7.62. The molecule has 0 saturated heterocycles. The third-order valence-corrected chi connectivity index (χ3v) is 3.59. The van der Waals surface area contributed by atoms with Crippen LogP contribution in [0.15, 0.2) is 29.6 Å². The minimum absolute atomic E-state index is 0.123. The van der Waals surface area contributed by atoms with Gasteiger partial charge in [-0.3, -0.25) is 9.59 Å². The van der Waals surface area contributed by atoms with Gasteiger partial charge >= 0.3 is 5.97 Å². The zero-order chi connectivity index (χ0) is 15.9. The van der Waals surface area contributed by atoms with Gasteiger partial charge in [-0.25, -0.2) is 4.98 Å². The molecule has 1 heterocycles. The number of hydrogen-bond acceptors (Lipinski definition) is 5. The lowest BCUT2D eigenvalue weighted by molar-refractivity contribution is -0.136. The molecule has 2 rings (SSSR count). The van der Waals surface area contributed by atoms with Crippen LogP contribution in [0.25, 0.3) is 0 Å². The molecule has 2 N–H and O–H groups in total. The van der Waals surface area contributed by atoms with E-state index in [0.717, 1.165) is 5.75 Å². The van der Waals surface area contributed by atoms with E-state index < -0.39 is 5.97 Å². The molecule has 22 heavy (non-hydrogen) atoms. The average Bonchev–Trinajstić information content (AvgIpc) is 2.87. The smallest absolute Gasteiger partial charge is 0.309 e. The Labute approximate surface area is 131 Å². The number of aliphatic carboxylic acids is 1. The summed E-state index contributed by atoms with van der Waals surface area (Å²) in [6, 6.07) is 7.10. The number of carbonyl (C=O) groups excluding carboxylic acids is 1. The van der Waals surface area contributed by atoms with Gasteiger partial charge in [0, 0.05) is 11.1 Å². The second-order valence-corrected chi connectivity index (χ2v) is 5.43. The standard InChI is InChI=1S/C15H16N2O4S/c1-2-21-12-5-3-10(4-6-12)16-13(18)8-14-17-11(9-22-14)7-15(19)20/h3-6,9H,2,7-8H2,1H3,(H,16,18)(H,19,20). The van der Waals surface area contributed by atoms with Gasteiger partial charge in [0.25, 0.3) is 0 Å². The molecule has 0 aliphatic rings. The van der Waals surface area contributed by atoms with Gasteiger partial charge in [0.05, 0.1) is 25.1 Å². The molecule has 6 nitrogen and oxygen atoms in total. The fourth-order valence-corrected chi connectivity index (χ4v) is 2.60. The van der Waals surface area contributed by atoms with Gasteiger partial charge in [-0.15, -0.1) is 11.3 Å². The number of carboxylic acid groups (broad SMARTS) is 1. The molecule has 7 heteroatoms. The van der Waals surface area contributed by atoms with E-state index >= 15 is 0 Å². The Hall–Kier alpha value is -2.41. The molecule has 1 amide bonds. The van der Waals surface area contributed by atoms with Crippen LogP contribution in [-0.4, -0.2) is 28.6 Å². The van der Waals surface area contributed by atoms with Crippen LogP contribution >= 0.6 is 11.3 Å². The largest absolute Gasteiger partial charge is 0.494 e. The highest BCUT2D eigenvalue weighted by atomic mass is 32.1. The van der Waals surface area contributed by atoms with E-state index in [1.807, 2.05) is 6.92 Å². The lowest BCUT2D eigenvalue weighted by Gasteiger charge is -2.06. The molecular formula is C15H16N2O4S. The van der Waals surface area contributed by atoms with E-state index in [1.54, 1.807) is 29.6 Å². The summed E-state index contributed by atoms with van der Waals surface area (Å²) in [5.41, 5.74) is 1.15. The maximum Gasteiger partial charge on any atom is 0.309 e. The number of aromatic nitrogens is 1. The van der Waals surface area contributed by atoms with Crippen molar-refractivity contribution >= 4 is 28.9 Å². The Kier molecular flexibility index (Phi) is 5.48. The molecule has 1 aromatic carbocycles. The summed E-state index contributed by atoms with van der Waals surface area (Å²) in [6.45, 7) is 2.50. The van der Waals surface area contributed by atoms with Crippen LogP contribution in [0.4, 0.5) is 5.69 Å². The molecule has 0 unspecified atom stereocenters. The number of amides is 1. The molecule has 1 aromatic heterocycles. The van der Waals surface area contributed by atoms with Crippen molar-refractivity contribution in [3.8, 4) is 5.75 Å². The normalized spacial score (nSPS) is 10.2. The zero-order valence-corrected chi connectivity index (χ0v) is 12.9. The summed E-state index contributed by atoms with van der Waals surface area (Å²) >= 11 is 1.28. The maximum absolute atomic E-state index is 11.9. The number of benzene rings is 1. The number of anilines is 1. The molecule has 0 aliphatic carbocycles. The van der Waals surface area contributed by atoms with Crippen molar-refractivity contribution in [2.45, 2.75) is 19.8 Å². The minimum atomic E-state index is -0.935. The minimum Gasteiger partial charge on any atom is -0.494 e. The van der Waals surface area contributed by atoms with Gasteiger partial charge < -0.3 is 15.2 Å². The van der Waals surface area contributed by atoms with E-state index in [1.165, 1.54) is 11.3 Å². The molecule has 0 aliphatic heterocycles. The molecular weight excluding hydrogens is 304 g/mol. The Morgan fingerprint density at radius 1 is 1.27 bits per heavy atom. The number of rotatable bonds is 7. The van der Waals surface area contributed by atoms with Crippen LogP contribution in [0, 0.1) is 0 Å². The van der Waals surface area contributed by atoms with Crippen molar-refractivity contribution in [1.29, 1.82) is 0 Å². The van der Waals surface area contributed by atoms with Crippen molar-refractivity contribution in [3.63, 3.8) is 0 Å². The predicted molar refractivity (Wildman–Crippen MR) is 83.4 cm³/mol. The summed E-state index contributed by atoms with van der Waals surface area (Å²) in [5, 5.41) is 13.7. The van der Waals surface area contributed by atoms with Crippen LogP contribution < -0.4 is 10.1 Å². The molecule has 0 fully saturated rings. The van der Waals surface area contributed by atoms with E-state index in [4.69, 9.17) is 9.84 Å². The Balaban J connectivity index is 1.89. The first-order chi connectivity index (χ1) is 10.6. The number of thiazole rings is 1. The van der Waals surface area contributed by atoms with Crippen molar-refractivity contribution in [2.75, 3.05) is 11.9 Å². The summed E-state index contributed by atoms with van der Waals surface area (Å²) in [5.74, 6) is -0.380. The van der Waals surface area contributed by atoms with Crippen molar-refractivity contribution in [3.05, 3.63) is 40.3 Å². The second-order valence-electron chi connectivity index (χ2n) is 4.49. The van der Waals surface area contributed by atoms with Crippen LogP contribution in [0.5, 0.6) is 5.75 Å². The fraction of sp³-hybridized carbons (Fsp3) is 0.267. The highest BCUT2D eigenvalue weighted by Gasteiger charge is 2.10. The van der Waals surface area contributed by atoms with Gasteiger partial charge in [-0.05, 0) is 31.2 Å². The lowest BCUT2D eigenvalue weighted by Crippen LogP contribution is -2.14. The summed E-state index contributed by atoms with van der Waals surface area (Å²) < 4.78 is 5.33. The number of carbonyl (C=O) groups is 2. The fourth-order valence-electron chi connectivity index (χ4n) is 1.81. The number of ether oxygens (including phenoxy) is 1. The van der Waals surface area contributed by atoms with Crippen molar-refractivity contribution < 1.29 is 19.4 Å². The van der Waals surface area contributed by atoms with Crippen molar-refractivity contribution in [1.82, 2.24) is 4.98 Å². The third-order valence-electron chi connectivity index (χ3n) is 2.69. The Morgan fingerprint density at radius 3 is 2.64 bits per heavy atom. The van der Waals surface area contributed by atoms with Gasteiger partial charge in [-0.2, -0.15) is 0 Å². The van der Waals surface area contributed by atoms with Crippen LogP contribution in [0.3, 0.4) is 0 Å². The Morgan fingerprint density at radius 2 is 2.00 bits per heavy atom. The molecule has 0 radical (unpaired) electrons. The quantitative estimate of drug-likeness (QED) is 0.817. The Bertz CT molecular complexity index is 652. The maximum atomic E-state index is 11.9. The second kappa shape index (κ2) is 7.56. The summed E-state index contributed by atoms with van der Waals surface area (Å²) in [6.07, 6.45) is -0.00545. The number of hydrogen-bond donors (Lipinski definition) is 2. The highest BCUT2D eigenvalue weighted by molar-refractivity contribution is 7.09. The zero-order valence-electron chi connectivity index (χ0n) is 12.0. The topological polar surface area (TPSA) is 88.5 Å². The van der Waals surface area contributed by atoms with Crippen LogP contribution in [0.2, 0.25) is 0 Å². The molecule has 0 bridgehead atoms. The molecule has 0 atom stereocenters. The van der Waals surface area contributed by atoms with Crippen molar-refractivity contribution in [2.24, 2.45) is 0 Å². The molecule has 116 valence electrons. The van der Waals surface area contributed by atoms with E-state index in [2.05, 4.69) is 10.3 Å². The number of nitrogens with one attached hydrogen (secondary N) is 1. The summed E-state index contributed by atoms with van der Waals surface area (Å²) in [4.78, 5) is 26.6. The first kappa shape index (κ1) is 16.0. The van der Waals surface area contributed by atoms with Crippen LogP contribution in [-0.2, 0) is 22.4 Å². The number of nitrogens with zero attached hydrogens (tertiary/aromatic N) is 1. The first-order valence-electron chi connectivity index (χ1n) is 6.74. The van der Waals surface area contributed by atoms with Gasteiger partial charge in [0.1, 0.15) is 10.8 Å². The molecule has 2 aromatic rings. The number of carboxylic acids is 1. The molecule has 0 spiro atoms. The lowest BCUT2D eigenvalue weighted by atomic mass is 10.3. The van der Waals surface area contributed by atoms with Gasteiger partial charge in [0.2, 0.25) is 5.91 Å². The van der Waals surface area contributed by atoms with E-state index in [0.29, 0.717) is 23.0 Å². The summed E-state index contributed by atoms with van der Waals surface area (Å²) in [7, 11) is 0. The molecule has 0 saturated carbocycles. The van der Waals surface area contributed by atoms with E-state index in [9.17, 15) is 9.59 Å². The van der Waals surface area contributed by atoms with E-state index in [-0.39, 0.29) is 18.7 Å². The average molecular weight is 320 g/mol. The van der Waals surface area contributed by atoms with Gasteiger partial charge in [0.15, 0.2) is 0 Å².